The summed E-state index contributed by atoms with van der Waals surface area (Å²) >= 11 is 0. The van der Waals surface area contributed by atoms with Gasteiger partial charge in [0, 0.05) is 6.04 Å². The van der Waals surface area contributed by atoms with E-state index >= 15 is 0 Å². The molecule has 0 saturated carbocycles. The summed E-state index contributed by atoms with van der Waals surface area (Å²) in [6.45, 7) is 1.31. The van der Waals surface area contributed by atoms with Crippen molar-refractivity contribution in [3.05, 3.63) is 71.8 Å². The fourth-order valence-corrected chi connectivity index (χ4v) is 4.84. The largest absolute Gasteiger partial charge is 0.303 e. The molecule has 0 spiro atoms. The van der Waals surface area contributed by atoms with Gasteiger partial charge in [0.25, 0.3) is 0 Å². The summed E-state index contributed by atoms with van der Waals surface area (Å²) in [7, 11) is 2.31. The summed E-state index contributed by atoms with van der Waals surface area (Å²) in [6, 6.07) is 22.9. The Morgan fingerprint density at radius 1 is 0.786 bits per heavy atom. The number of nitrogens with zero attached hydrogens (tertiary/aromatic N) is 1. The first kappa shape index (κ1) is 21.1. The predicted molar refractivity (Wildman–Crippen MR) is 122 cm³/mol. The van der Waals surface area contributed by atoms with Crippen LogP contribution >= 0.6 is 0 Å². The predicted octanol–water partition coefficient (Wildman–Crippen LogP) is 6.91. The topological polar surface area (TPSA) is 3.24 Å². The van der Waals surface area contributed by atoms with Gasteiger partial charge in [-0.3, -0.25) is 0 Å². The summed E-state index contributed by atoms with van der Waals surface area (Å²) < 4.78 is 0. The lowest BCUT2D eigenvalue weighted by molar-refractivity contribution is 0.285. The van der Waals surface area contributed by atoms with E-state index in [9.17, 15) is 0 Å². The minimum atomic E-state index is 0.862. The monoisotopic (exact) mass is 377 g/mol. The molecule has 152 valence electrons. The van der Waals surface area contributed by atoms with Gasteiger partial charge in [0.2, 0.25) is 0 Å². The molecule has 1 fully saturated rings. The summed E-state index contributed by atoms with van der Waals surface area (Å²) in [5.74, 6) is 0.880. The van der Waals surface area contributed by atoms with Crippen molar-refractivity contribution in [3.63, 3.8) is 0 Å². The first-order chi connectivity index (χ1) is 13.8. The summed E-state index contributed by atoms with van der Waals surface area (Å²) in [5, 5.41) is 0. The van der Waals surface area contributed by atoms with Gasteiger partial charge in [-0.15, -0.1) is 0 Å². The molecule has 2 aromatic carbocycles. The maximum Gasteiger partial charge on any atom is 0.00926 e. The second-order valence-electron chi connectivity index (χ2n) is 8.83. The van der Waals surface area contributed by atoms with E-state index in [1.54, 1.807) is 0 Å². The minimum Gasteiger partial charge on any atom is -0.303 e. The lowest BCUT2D eigenvalue weighted by atomic mass is 9.88. The Hall–Kier alpha value is -1.60. The van der Waals surface area contributed by atoms with Crippen LogP contribution in [-0.2, 0) is 12.8 Å². The number of hydrogen-bond acceptors (Lipinski definition) is 1. The number of likely N-dealkylation sites (tertiary alicyclic amines) is 1. The maximum absolute atomic E-state index is 2.58. The third kappa shape index (κ3) is 7.43. The van der Waals surface area contributed by atoms with Crippen LogP contribution in [0.4, 0.5) is 0 Å². The van der Waals surface area contributed by atoms with Gasteiger partial charge in [-0.2, -0.15) is 0 Å². The lowest BCUT2D eigenvalue weighted by Crippen LogP contribution is -2.24. The van der Waals surface area contributed by atoms with Gasteiger partial charge in [-0.25, -0.2) is 0 Å². The van der Waals surface area contributed by atoms with E-state index in [0.29, 0.717) is 0 Å². The average Bonchev–Trinajstić information content (AvgIpc) is 3.15. The van der Waals surface area contributed by atoms with Crippen LogP contribution in [0.2, 0.25) is 0 Å². The molecule has 28 heavy (non-hydrogen) atoms. The van der Waals surface area contributed by atoms with Crippen LogP contribution in [-0.4, -0.2) is 24.5 Å². The van der Waals surface area contributed by atoms with Crippen LogP contribution in [0, 0.1) is 5.92 Å². The second kappa shape index (κ2) is 12.1. The van der Waals surface area contributed by atoms with Crippen LogP contribution in [0.5, 0.6) is 0 Å². The highest BCUT2D eigenvalue weighted by Gasteiger charge is 2.20. The SMILES string of the molecule is CN1CCCC1CCCCC(CCCc1ccccc1)CCc1ccccc1. The van der Waals surface area contributed by atoms with E-state index in [4.69, 9.17) is 0 Å². The zero-order valence-electron chi connectivity index (χ0n) is 17.9. The number of hydrogen-bond donors (Lipinski definition) is 0. The van der Waals surface area contributed by atoms with Crippen molar-refractivity contribution in [2.45, 2.75) is 76.7 Å². The lowest BCUT2D eigenvalue weighted by Gasteiger charge is -2.20. The first-order valence-corrected chi connectivity index (χ1v) is 11.6. The standard InChI is InChI=1S/C27H39N/c1-28-23-11-20-27(28)19-9-8-16-26(22-21-25-14-6-3-7-15-25)18-10-17-24-12-4-2-5-13-24/h2-7,12-15,26-27H,8-11,16-23H2,1H3. The van der Waals surface area contributed by atoms with Crippen molar-refractivity contribution < 1.29 is 0 Å². The van der Waals surface area contributed by atoms with Crippen LogP contribution in [0.3, 0.4) is 0 Å². The molecule has 2 aromatic rings. The van der Waals surface area contributed by atoms with Crippen LogP contribution < -0.4 is 0 Å². The Kier molecular flexibility index (Phi) is 9.10. The van der Waals surface area contributed by atoms with Gasteiger partial charge in [-0.05, 0) is 75.6 Å². The van der Waals surface area contributed by atoms with Crippen molar-refractivity contribution >= 4 is 0 Å². The highest BCUT2D eigenvalue weighted by molar-refractivity contribution is 5.15. The van der Waals surface area contributed by atoms with E-state index in [-0.39, 0.29) is 0 Å². The quantitative estimate of drug-likeness (QED) is 0.363. The molecule has 1 aliphatic heterocycles. The van der Waals surface area contributed by atoms with Crippen LogP contribution in [0.25, 0.3) is 0 Å². The molecule has 0 amide bonds. The summed E-state index contributed by atoms with van der Waals surface area (Å²) in [6.07, 6.45) is 15.0. The molecule has 1 nitrogen and oxygen atoms in total. The van der Waals surface area contributed by atoms with E-state index in [2.05, 4.69) is 72.6 Å². The van der Waals surface area contributed by atoms with E-state index in [0.717, 1.165) is 12.0 Å². The highest BCUT2D eigenvalue weighted by atomic mass is 15.1. The molecular formula is C27H39N. The maximum atomic E-state index is 2.58. The van der Waals surface area contributed by atoms with Gasteiger partial charge < -0.3 is 4.90 Å². The number of aryl methyl sites for hydroxylation is 2. The Morgan fingerprint density at radius 2 is 1.43 bits per heavy atom. The Morgan fingerprint density at radius 3 is 2.07 bits per heavy atom. The number of unbranched alkanes of at least 4 members (excludes halogenated alkanes) is 1. The second-order valence-corrected chi connectivity index (χ2v) is 8.83. The van der Waals surface area contributed by atoms with Crippen molar-refractivity contribution in [2.75, 3.05) is 13.6 Å². The van der Waals surface area contributed by atoms with Gasteiger partial charge in [0.05, 0.1) is 0 Å². The fraction of sp³-hybridized carbons (Fsp3) is 0.556. The third-order valence-corrected chi connectivity index (χ3v) is 6.68. The zero-order chi connectivity index (χ0) is 19.4. The summed E-state index contributed by atoms with van der Waals surface area (Å²) in [4.78, 5) is 2.58. The minimum absolute atomic E-state index is 0.862. The zero-order valence-corrected chi connectivity index (χ0v) is 17.9. The van der Waals surface area contributed by atoms with E-state index in [1.807, 2.05) is 0 Å². The van der Waals surface area contributed by atoms with Gasteiger partial charge >= 0.3 is 0 Å². The average molecular weight is 378 g/mol. The number of rotatable bonds is 12. The molecule has 0 bridgehead atoms. The molecular weight excluding hydrogens is 338 g/mol. The molecule has 2 atom stereocenters. The molecule has 0 aromatic heterocycles. The molecule has 2 unspecified atom stereocenters. The van der Waals surface area contributed by atoms with Gasteiger partial charge in [-0.1, -0.05) is 86.3 Å². The fourth-order valence-electron chi connectivity index (χ4n) is 4.84. The van der Waals surface area contributed by atoms with Crippen molar-refractivity contribution in [3.8, 4) is 0 Å². The summed E-state index contributed by atoms with van der Waals surface area (Å²) in [5.41, 5.74) is 3.00. The molecule has 0 N–H and O–H groups in total. The van der Waals surface area contributed by atoms with Crippen LogP contribution in [0.15, 0.2) is 60.7 Å². The Balaban J connectivity index is 1.41. The first-order valence-electron chi connectivity index (χ1n) is 11.6. The van der Waals surface area contributed by atoms with Crippen molar-refractivity contribution in [1.82, 2.24) is 4.90 Å². The third-order valence-electron chi connectivity index (χ3n) is 6.68. The molecule has 1 heteroatoms. The van der Waals surface area contributed by atoms with Crippen molar-refractivity contribution in [2.24, 2.45) is 5.92 Å². The molecule has 0 aliphatic carbocycles. The molecule has 1 saturated heterocycles. The Bertz CT molecular complexity index is 636. The highest BCUT2D eigenvalue weighted by Crippen LogP contribution is 2.25. The molecule has 0 radical (unpaired) electrons. The molecule has 1 aliphatic rings. The Labute approximate surface area is 173 Å². The van der Waals surface area contributed by atoms with Crippen LogP contribution in [0.1, 0.15) is 68.9 Å². The normalized spacial score (nSPS) is 18.4. The number of benzene rings is 2. The smallest absolute Gasteiger partial charge is 0.00926 e. The van der Waals surface area contributed by atoms with E-state index < -0.39 is 0 Å². The van der Waals surface area contributed by atoms with Crippen molar-refractivity contribution in [1.29, 1.82) is 0 Å². The van der Waals surface area contributed by atoms with Gasteiger partial charge in [0.1, 0.15) is 0 Å². The van der Waals surface area contributed by atoms with E-state index in [1.165, 1.54) is 88.3 Å². The van der Waals surface area contributed by atoms with Gasteiger partial charge in [0.15, 0.2) is 0 Å². The molecule has 1 heterocycles. The molecule has 3 rings (SSSR count).